The van der Waals surface area contributed by atoms with E-state index in [9.17, 15) is 4.79 Å². The second-order valence-electron chi connectivity index (χ2n) is 2.54. The maximum Gasteiger partial charge on any atom is 0.242 e. The van der Waals surface area contributed by atoms with E-state index in [0.717, 1.165) is 0 Å². The Morgan fingerprint density at radius 1 is 1.80 bits per heavy atom. The summed E-state index contributed by atoms with van der Waals surface area (Å²) in [5.41, 5.74) is 4.91. The first kappa shape index (κ1) is 7.50. The lowest BCUT2D eigenvalue weighted by Gasteiger charge is -2.18. The fraction of sp³-hybridized carbons (Fsp3) is 0.833. The molecule has 1 fully saturated rings. The van der Waals surface area contributed by atoms with Crippen molar-refractivity contribution in [2.24, 2.45) is 5.73 Å². The topological polar surface area (TPSA) is 64.4 Å². The summed E-state index contributed by atoms with van der Waals surface area (Å²) in [6, 6.07) is 0. The van der Waals surface area contributed by atoms with Crippen molar-refractivity contribution in [2.75, 3.05) is 20.3 Å². The lowest BCUT2D eigenvalue weighted by molar-refractivity contribution is -0.125. The number of nitrogens with two attached hydrogens (primary N) is 1. The van der Waals surface area contributed by atoms with E-state index in [-0.39, 0.29) is 5.91 Å². The molecule has 1 aliphatic rings. The quantitative estimate of drug-likeness (QED) is 0.488. The summed E-state index contributed by atoms with van der Waals surface area (Å²) in [7, 11) is 1.58. The van der Waals surface area contributed by atoms with E-state index in [1.807, 2.05) is 0 Å². The molecular weight excluding hydrogens is 132 g/mol. The van der Waals surface area contributed by atoms with Crippen molar-refractivity contribution < 1.29 is 9.53 Å². The van der Waals surface area contributed by atoms with Crippen LogP contribution in [0.15, 0.2) is 0 Å². The number of rotatable bonds is 1. The van der Waals surface area contributed by atoms with Crippen LogP contribution < -0.4 is 11.1 Å². The predicted octanol–water partition coefficient (Wildman–Crippen LogP) is -1.15. The molecule has 1 amide bonds. The molecule has 4 nitrogen and oxygen atoms in total. The van der Waals surface area contributed by atoms with Gasteiger partial charge < -0.3 is 15.8 Å². The monoisotopic (exact) mass is 144 g/mol. The smallest absolute Gasteiger partial charge is 0.242 e. The standard InChI is InChI=1S/C6H12N2O2/c1-8-5(9)6(7)2-3-10-4-6/h2-4,7H2,1H3,(H,8,9). The highest BCUT2D eigenvalue weighted by atomic mass is 16.5. The molecule has 58 valence electrons. The highest BCUT2D eigenvalue weighted by Gasteiger charge is 2.37. The molecule has 1 unspecified atom stereocenters. The molecule has 1 aliphatic heterocycles. The summed E-state index contributed by atoms with van der Waals surface area (Å²) < 4.78 is 5.00. The molecule has 1 saturated heterocycles. The van der Waals surface area contributed by atoms with Crippen molar-refractivity contribution in [1.29, 1.82) is 0 Å². The fourth-order valence-corrected chi connectivity index (χ4v) is 1.01. The minimum atomic E-state index is -0.769. The summed E-state index contributed by atoms with van der Waals surface area (Å²) in [6.07, 6.45) is 0.618. The third-order valence-electron chi connectivity index (χ3n) is 1.73. The first-order chi connectivity index (χ1) is 4.69. The van der Waals surface area contributed by atoms with Crippen molar-refractivity contribution in [3.63, 3.8) is 0 Å². The van der Waals surface area contributed by atoms with Crippen LogP contribution in [0, 0.1) is 0 Å². The molecule has 1 rings (SSSR count). The van der Waals surface area contributed by atoms with Crippen LogP contribution in [-0.2, 0) is 9.53 Å². The van der Waals surface area contributed by atoms with Gasteiger partial charge in [0, 0.05) is 13.7 Å². The fourth-order valence-electron chi connectivity index (χ4n) is 1.01. The first-order valence-electron chi connectivity index (χ1n) is 3.28. The summed E-state index contributed by atoms with van der Waals surface area (Å²) in [5, 5.41) is 2.50. The van der Waals surface area contributed by atoms with Gasteiger partial charge in [0.2, 0.25) is 5.91 Å². The van der Waals surface area contributed by atoms with Crippen molar-refractivity contribution in [3.8, 4) is 0 Å². The lowest BCUT2D eigenvalue weighted by Crippen LogP contribution is -2.53. The van der Waals surface area contributed by atoms with Gasteiger partial charge in [-0.2, -0.15) is 0 Å². The van der Waals surface area contributed by atoms with Gasteiger partial charge >= 0.3 is 0 Å². The average molecular weight is 144 g/mol. The molecule has 0 aromatic heterocycles. The molecule has 0 aromatic rings. The van der Waals surface area contributed by atoms with Crippen LogP contribution in [0.1, 0.15) is 6.42 Å². The van der Waals surface area contributed by atoms with Crippen molar-refractivity contribution in [1.82, 2.24) is 5.32 Å². The molecule has 1 atom stereocenters. The molecule has 0 saturated carbocycles. The van der Waals surface area contributed by atoms with Gasteiger partial charge in [-0.15, -0.1) is 0 Å². The third-order valence-corrected chi connectivity index (χ3v) is 1.73. The Hall–Kier alpha value is -0.610. The van der Waals surface area contributed by atoms with E-state index in [1.165, 1.54) is 0 Å². The number of ether oxygens (including phenoxy) is 1. The zero-order chi connectivity index (χ0) is 7.61. The van der Waals surface area contributed by atoms with E-state index < -0.39 is 5.54 Å². The highest BCUT2D eigenvalue weighted by molar-refractivity contribution is 5.86. The van der Waals surface area contributed by atoms with Crippen molar-refractivity contribution in [3.05, 3.63) is 0 Å². The zero-order valence-corrected chi connectivity index (χ0v) is 6.02. The molecule has 10 heavy (non-hydrogen) atoms. The van der Waals surface area contributed by atoms with E-state index in [0.29, 0.717) is 19.6 Å². The summed E-state index contributed by atoms with van der Waals surface area (Å²) >= 11 is 0. The molecule has 0 aromatic carbocycles. The van der Waals surface area contributed by atoms with Gasteiger partial charge in [-0.1, -0.05) is 0 Å². The van der Waals surface area contributed by atoms with Gasteiger partial charge in [0.05, 0.1) is 6.61 Å². The van der Waals surface area contributed by atoms with Gasteiger partial charge in [0.25, 0.3) is 0 Å². The second kappa shape index (κ2) is 2.56. The number of nitrogens with one attached hydrogen (secondary N) is 1. The Kier molecular flexibility index (Phi) is 1.92. The second-order valence-corrected chi connectivity index (χ2v) is 2.54. The van der Waals surface area contributed by atoms with Gasteiger partial charge in [-0.25, -0.2) is 0 Å². The highest BCUT2D eigenvalue weighted by Crippen LogP contribution is 2.14. The zero-order valence-electron chi connectivity index (χ0n) is 6.02. The van der Waals surface area contributed by atoms with Gasteiger partial charge in [-0.05, 0) is 6.42 Å². The SMILES string of the molecule is CNC(=O)C1(N)CCOC1. The lowest BCUT2D eigenvalue weighted by atomic mass is 10.00. The van der Waals surface area contributed by atoms with Gasteiger partial charge in [0.1, 0.15) is 5.54 Å². The summed E-state index contributed by atoms with van der Waals surface area (Å²) in [5.74, 6) is -0.134. The molecule has 0 radical (unpaired) electrons. The molecular formula is C6H12N2O2. The van der Waals surface area contributed by atoms with Crippen molar-refractivity contribution in [2.45, 2.75) is 12.0 Å². The number of carbonyl (C=O) groups excluding carboxylic acids is 1. The summed E-state index contributed by atoms with van der Waals surface area (Å²) in [6.45, 7) is 0.927. The van der Waals surface area contributed by atoms with Gasteiger partial charge in [-0.3, -0.25) is 4.79 Å². The Labute approximate surface area is 59.7 Å². The Balaban J connectivity index is 2.58. The van der Waals surface area contributed by atoms with E-state index in [1.54, 1.807) is 7.05 Å². The Morgan fingerprint density at radius 3 is 2.90 bits per heavy atom. The molecule has 1 heterocycles. The molecule has 3 N–H and O–H groups in total. The van der Waals surface area contributed by atoms with Crippen molar-refractivity contribution >= 4 is 5.91 Å². The van der Waals surface area contributed by atoms with Crippen LogP contribution in [0.25, 0.3) is 0 Å². The summed E-state index contributed by atoms with van der Waals surface area (Å²) in [4.78, 5) is 11.0. The van der Waals surface area contributed by atoms with Gasteiger partial charge in [0.15, 0.2) is 0 Å². The van der Waals surface area contributed by atoms with Crippen LogP contribution in [0.3, 0.4) is 0 Å². The number of hydrogen-bond donors (Lipinski definition) is 2. The average Bonchev–Trinajstić information content (AvgIpc) is 2.36. The molecule has 0 spiro atoms. The van der Waals surface area contributed by atoms with E-state index in [2.05, 4.69) is 5.32 Å². The Bertz CT molecular complexity index is 141. The van der Waals surface area contributed by atoms with E-state index >= 15 is 0 Å². The number of likely N-dealkylation sites (N-methyl/N-ethyl adjacent to an activating group) is 1. The van der Waals surface area contributed by atoms with Crippen LogP contribution in [0.4, 0.5) is 0 Å². The molecule has 0 aliphatic carbocycles. The minimum Gasteiger partial charge on any atom is -0.379 e. The minimum absolute atomic E-state index is 0.134. The van der Waals surface area contributed by atoms with Crippen LogP contribution in [0.2, 0.25) is 0 Å². The number of carbonyl (C=O) groups is 1. The predicted molar refractivity (Wildman–Crippen MR) is 36.4 cm³/mol. The molecule has 0 bridgehead atoms. The van der Waals surface area contributed by atoms with Crippen LogP contribution in [0.5, 0.6) is 0 Å². The molecule has 4 heteroatoms. The third kappa shape index (κ3) is 1.12. The first-order valence-corrected chi connectivity index (χ1v) is 3.28. The number of amides is 1. The maximum absolute atomic E-state index is 11.0. The largest absolute Gasteiger partial charge is 0.379 e. The van der Waals surface area contributed by atoms with E-state index in [4.69, 9.17) is 10.5 Å². The van der Waals surface area contributed by atoms with Crippen LogP contribution >= 0.6 is 0 Å². The Morgan fingerprint density at radius 2 is 2.50 bits per heavy atom. The maximum atomic E-state index is 11.0. The number of hydrogen-bond acceptors (Lipinski definition) is 3. The normalized spacial score (nSPS) is 32.2. The van der Waals surface area contributed by atoms with Crippen LogP contribution in [-0.4, -0.2) is 31.7 Å².